The maximum Gasteiger partial charge on any atom is 0.416 e. The second kappa shape index (κ2) is 8.53. The number of carbonyl (C=O) groups is 1. The van der Waals surface area contributed by atoms with E-state index in [2.05, 4.69) is 5.32 Å². The molecule has 0 aliphatic rings. The largest absolute Gasteiger partial charge is 0.488 e. The summed E-state index contributed by atoms with van der Waals surface area (Å²) in [6, 6.07) is 10.3. The van der Waals surface area contributed by atoms with Gasteiger partial charge in [0.1, 0.15) is 16.1 Å². The van der Waals surface area contributed by atoms with Crippen molar-refractivity contribution >= 4 is 15.7 Å². The molecule has 0 atom stereocenters. The molecule has 0 radical (unpaired) electrons. The van der Waals surface area contributed by atoms with Crippen LogP contribution in [0.4, 0.5) is 13.2 Å². The van der Waals surface area contributed by atoms with Crippen molar-refractivity contribution in [1.82, 2.24) is 5.32 Å². The van der Waals surface area contributed by atoms with E-state index in [4.69, 9.17) is 4.74 Å². The number of alkyl halides is 3. The van der Waals surface area contributed by atoms with Gasteiger partial charge in [-0.2, -0.15) is 13.2 Å². The lowest BCUT2D eigenvalue weighted by atomic mass is 10.1. The van der Waals surface area contributed by atoms with Gasteiger partial charge in [-0.25, -0.2) is 8.42 Å². The molecule has 0 aliphatic heterocycles. The third kappa shape index (κ3) is 6.00. The molecule has 9 heteroatoms. The Balaban J connectivity index is 2.15. The van der Waals surface area contributed by atoms with E-state index in [1.807, 2.05) is 20.8 Å². The Morgan fingerprint density at radius 3 is 2.06 bits per heavy atom. The summed E-state index contributed by atoms with van der Waals surface area (Å²) in [6.45, 7) is 8.11. The summed E-state index contributed by atoms with van der Waals surface area (Å²) in [5.74, 6) is -0.171. The summed E-state index contributed by atoms with van der Waals surface area (Å²) in [4.78, 5) is 12.1. The molecule has 5 nitrogen and oxygen atoms in total. The van der Waals surface area contributed by atoms with Crippen molar-refractivity contribution in [2.24, 2.45) is 0 Å². The highest BCUT2D eigenvalue weighted by Gasteiger charge is 2.43. The van der Waals surface area contributed by atoms with Crippen LogP contribution in [0.5, 0.6) is 5.75 Å². The van der Waals surface area contributed by atoms with Gasteiger partial charge in [0.15, 0.2) is 9.84 Å². The quantitative estimate of drug-likeness (QED) is 0.680. The second-order valence-electron chi connectivity index (χ2n) is 8.58. The van der Waals surface area contributed by atoms with Gasteiger partial charge in [-0.15, -0.1) is 0 Å². The van der Waals surface area contributed by atoms with Gasteiger partial charge in [0.2, 0.25) is 5.91 Å². The van der Waals surface area contributed by atoms with Crippen LogP contribution in [0.15, 0.2) is 53.4 Å². The third-order valence-corrected chi connectivity index (χ3v) is 6.89. The zero-order valence-corrected chi connectivity index (χ0v) is 18.8. The Labute approximate surface area is 180 Å². The first-order valence-electron chi connectivity index (χ1n) is 9.52. The van der Waals surface area contributed by atoms with Gasteiger partial charge in [0, 0.05) is 6.54 Å². The topological polar surface area (TPSA) is 72.5 Å². The van der Waals surface area contributed by atoms with E-state index in [0.29, 0.717) is 17.4 Å². The number of hydrogen-bond acceptors (Lipinski definition) is 4. The Morgan fingerprint density at radius 2 is 1.55 bits per heavy atom. The lowest BCUT2D eigenvalue weighted by Crippen LogP contribution is -2.47. The highest BCUT2D eigenvalue weighted by molar-refractivity contribution is 7.93. The molecule has 0 saturated heterocycles. The second-order valence-corrected chi connectivity index (χ2v) is 11.1. The number of benzene rings is 2. The van der Waals surface area contributed by atoms with Crippen LogP contribution in [0.25, 0.3) is 0 Å². The molecule has 0 aliphatic carbocycles. The summed E-state index contributed by atoms with van der Waals surface area (Å²) in [5.41, 5.74) is -0.749. The predicted octanol–water partition coefficient (Wildman–Crippen LogP) is 4.75. The van der Waals surface area contributed by atoms with Crippen molar-refractivity contribution in [3.05, 3.63) is 59.7 Å². The van der Waals surface area contributed by atoms with E-state index in [0.717, 1.165) is 32.0 Å². The number of halogens is 3. The molecule has 1 amide bonds. The van der Waals surface area contributed by atoms with Crippen LogP contribution in [-0.2, 0) is 27.4 Å². The molecule has 0 unspecified atom stereocenters. The van der Waals surface area contributed by atoms with E-state index < -0.39 is 37.1 Å². The van der Waals surface area contributed by atoms with Gasteiger partial charge in [-0.05, 0) is 70.5 Å². The average molecular weight is 458 g/mol. The average Bonchev–Trinajstić information content (AvgIpc) is 2.65. The summed E-state index contributed by atoms with van der Waals surface area (Å²) in [7, 11) is -4.38. The maximum absolute atomic E-state index is 13.0. The minimum Gasteiger partial charge on any atom is -0.488 e. The van der Waals surface area contributed by atoms with Crippen LogP contribution in [0.1, 0.15) is 45.7 Å². The number of ether oxygens (including phenoxy) is 1. The fourth-order valence-corrected chi connectivity index (χ4v) is 4.13. The molecule has 0 aromatic heterocycles. The molecule has 2 aromatic carbocycles. The summed E-state index contributed by atoms with van der Waals surface area (Å²) in [6.07, 6.45) is -4.69. The van der Waals surface area contributed by atoms with Gasteiger partial charge in [0.05, 0.1) is 10.5 Å². The van der Waals surface area contributed by atoms with E-state index in [1.165, 1.54) is 0 Å². The highest BCUT2D eigenvalue weighted by atomic mass is 32.2. The van der Waals surface area contributed by atoms with Crippen molar-refractivity contribution in [3.63, 3.8) is 0 Å². The number of nitrogens with one attached hydrogen (secondary N) is 1. The minimum atomic E-state index is -4.69. The monoisotopic (exact) mass is 457 g/mol. The van der Waals surface area contributed by atoms with Crippen molar-refractivity contribution in [2.45, 2.75) is 62.6 Å². The smallest absolute Gasteiger partial charge is 0.416 e. The zero-order valence-electron chi connectivity index (χ0n) is 18.0. The first-order valence-corrected chi connectivity index (χ1v) is 11.0. The number of amides is 1. The van der Waals surface area contributed by atoms with E-state index >= 15 is 0 Å². The highest BCUT2D eigenvalue weighted by Crippen LogP contribution is 2.33. The molecule has 0 fully saturated rings. The number of hydrogen-bond donors (Lipinski definition) is 1. The minimum absolute atomic E-state index is 0.0518. The number of rotatable bonds is 6. The summed E-state index contributed by atoms with van der Waals surface area (Å²) >= 11 is 0. The van der Waals surface area contributed by atoms with Gasteiger partial charge in [-0.3, -0.25) is 4.79 Å². The number of carbonyl (C=O) groups excluding carboxylic acids is 1. The molecule has 170 valence electrons. The van der Waals surface area contributed by atoms with Gasteiger partial charge in [-0.1, -0.05) is 18.2 Å². The molecule has 0 bridgehead atoms. The molecule has 0 heterocycles. The number of sulfone groups is 1. The Kier molecular flexibility index (Phi) is 6.80. The van der Waals surface area contributed by atoms with Crippen molar-refractivity contribution in [2.75, 3.05) is 0 Å². The lowest BCUT2D eigenvalue weighted by molar-refractivity contribution is -0.137. The van der Waals surface area contributed by atoms with Crippen molar-refractivity contribution < 1.29 is 31.1 Å². The van der Waals surface area contributed by atoms with Crippen LogP contribution < -0.4 is 10.1 Å². The van der Waals surface area contributed by atoms with Crippen LogP contribution in [0.3, 0.4) is 0 Å². The van der Waals surface area contributed by atoms with E-state index in [9.17, 15) is 26.4 Å². The maximum atomic E-state index is 13.0. The van der Waals surface area contributed by atoms with Crippen molar-refractivity contribution in [1.29, 1.82) is 0 Å². The molecule has 0 saturated carbocycles. The van der Waals surface area contributed by atoms with Crippen LogP contribution in [-0.4, -0.2) is 24.7 Å². The molecule has 31 heavy (non-hydrogen) atoms. The fourth-order valence-electron chi connectivity index (χ4n) is 2.68. The Hall–Kier alpha value is -2.55. The van der Waals surface area contributed by atoms with Crippen LogP contribution >= 0.6 is 0 Å². The Morgan fingerprint density at radius 1 is 0.968 bits per heavy atom. The molecular weight excluding hydrogens is 431 g/mol. The molecule has 2 rings (SSSR count). The van der Waals surface area contributed by atoms with Crippen LogP contribution in [0.2, 0.25) is 0 Å². The molecule has 0 spiro atoms. The van der Waals surface area contributed by atoms with E-state index in [1.54, 1.807) is 24.3 Å². The van der Waals surface area contributed by atoms with Gasteiger partial charge < -0.3 is 10.1 Å². The fraction of sp³-hybridized carbons (Fsp3) is 0.409. The lowest BCUT2D eigenvalue weighted by Gasteiger charge is -2.24. The van der Waals surface area contributed by atoms with Crippen LogP contribution in [0, 0.1) is 0 Å². The normalized spacial score (nSPS) is 13.0. The Bertz CT molecular complexity index is 1040. The summed E-state index contributed by atoms with van der Waals surface area (Å²) in [5, 5.41) is 2.55. The summed E-state index contributed by atoms with van der Waals surface area (Å²) < 4.78 is 68.4. The van der Waals surface area contributed by atoms with Gasteiger partial charge in [0.25, 0.3) is 0 Å². The first-order chi connectivity index (χ1) is 14.0. The predicted molar refractivity (Wildman–Crippen MR) is 111 cm³/mol. The SMILES string of the molecule is CC(C)(C)Oc1ccc(CNC(=O)C(C)(C)S(=O)(=O)c2cccc(C(F)(F)F)c2)cc1. The molecular formula is C22H26F3NO4S. The zero-order chi connectivity index (χ0) is 23.7. The molecule has 1 N–H and O–H groups in total. The first kappa shape index (κ1) is 24.7. The molecule has 2 aromatic rings. The third-order valence-electron chi connectivity index (χ3n) is 4.49. The standard InChI is InChI=1S/C22H26F3NO4S/c1-20(2,3)30-17-11-9-15(10-12-17)14-26-19(27)21(4,5)31(28,29)18-8-6-7-16(13-18)22(23,24)25/h6-13H,14H2,1-5H3,(H,26,27). The van der Waals surface area contributed by atoms with Crippen molar-refractivity contribution in [3.8, 4) is 5.75 Å². The van der Waals surface area contributed by atoms with E-state index in [-0.39, 0.29) is 12.1 Å². The van der Waals surface area contributed by atoms with Gasteiger partial charge >= 0.3 is 6.18 Å².